The molecule has 0 aromatic heterocycles. The summed E-state index contributed by atoms with van der Waals surface area (Å²) in [6, 6.07) is 0. The summed E-state index contributed by atoms with van der Waals surface area (Å²) in [6.07, 6.45) is 3.11. The van der Waals surface area contributed by atoms with Gasteiger partial charge in [-0.1, -0.05) is 27.2 Å². The second-order valence-electron chi connectivity index (χ2n) is 7.11. The smallest absolute Gasteiger partial charge is 0.310 e. The molecule has 1 saturated heterocycles. The van der Waals surface area contributed by atoms with Crippen LogP contribution in [0, 0.1) is 35.0 Å². The van der Waals surface area contributed by atoms with Crippen LogP contribution in [0.3, 0.4) is 0 Å². The Morgan fingerprint density at radius 1 is 1.17 bits per heavy atom. The van der Waals surface area contributed by atoms with Gasteiger partial charge in [0, 0.05) is 17.3 Å². The highest BCUT2D eigenvalue weighted by atomic mass is 16.5. The Kier molecular flexibility index (Phi) is 2.58. The number of carbonyl (C=O) groups is 2. The minimum absolute atomic E-state index is 0.0718. The highest BCUT2D eigenvalue weighted by Gasteiger charge is 2.58. The number of hydrogen-bond acceptors (Lipinski definition) is 3. The van der Waals surface area contributed by atoms with Crippen LogP contribution in [0.1, 0.15) is 40.0 Å². The van der Waals surface area contributed by atoms with Gasteiger partial charge in [-0.3, -0.25) is 9.59 Å². The lowest BCUT2D eigenvalue weighted by Crippen LogP contribution is -2.34. The van der Waals surface area contributed by atoms with Gasteiger partial charge < -0.3 is 4.74 Å². The minimum Gasteiger partial charge on any atom is -0.465 e. The number of hydrogen-bond donors (Lipinski definition) is 0. The molecule has 0 spiro atoms. The Bertz CT molecular complexity index is 399. The molecule has 100 valence electrons. The van der Waals surface area contributed by atoms with E-state index in [-0.39, 0.29) is 29.1 Å². The number of fused-ring (bicyclic) bond motifs is 3. The molecule has 3 nitrogen and oxygen atoms in total. The van der Waals surface area contributed by atoms with Gasteiger partial charge in [-0.2, -0.15) is 0 Å². The third-order valence-corrected chi connectivity index (χ3v) is 5.51. The SMILES string of the molecule is C[C@@H]1CC[C@H]2COC(=O)[C@H]2[C@@H]2C(=O)C(C)(C)C[C@H]21. The average molecular weight is 250 g/mol. The van der Waals surface area contributed by atoms with E-state index in [2.05, 4.69) is 6.92 Å². The molecular formula is C15H22O3. The van der Waals surface area contributed by atoms with Crippen LogP contribution in [0.2, 0.25) is 0 Å². The van der Waals surface area contributed by atoms with Gasteiger partial charge in [0.15, 0.2) is 0 Å². The van der Waals surface area contributed by atoms with Crippen molar-refractivity contribution in [3.05, 3.63) is 0 Å². The Hall–Kier alpha value is -0.860. The molecule has 3 aliphatic rings. The van der Waals surface area contributed by atoms with Crippen LogP contribution in [0.25, 0.3) is 0 Å². The van der Waals surface area contributed by atoms with Gasteiger partial charge in [0.05, 0.1) is 12.5 Å². The van der Waals surface area contributed by atoms with Crippen LogP contribution in [0.5, 0.6) is 0 Å². The summed E-state index contributed by atoms with van der Waals surface area (Å²) in [5.74, 6) is 1.19. The largest absolute Gasteiger partial charge is 0.465 e. The zero-order chi connectivity index (χ0) is 13.1. The molecule has 1 heterocycles. The maximum Gasteiger partial charge on any atom is 0.310 e. The molecule has 0 unspecified atom stereocenters. The molecule has 0 radical (unpaired) electrons. The van der Waals surface area contributed by atoms with Crippen molar-refractivity contribution in [1.82, 2.24) is 0 Å². The van der Waals surface area contributed by atoms with Crippen molar-refractivity contribution in [2.75, 3.05) is 6.61 Å². The highest BCUT2D eigenvalue weighted by molar-refractivity contribution is 5.93. The zero-order valence-electron chi connectivity index (χ0n) is 11.4. The zero-order valence-corrected chi connectivity index (χ0v) is 11.4. The topological polar surface area (TPSA) is 43.4 Å². The van der Waals surface area contributed by atoms with Gasteiger partial charge in [-0.15, -0.1) is 0 Å². The van der Waals surface area contributed by atoms with E-state index in [9.17, 15) is 9.59 Å². The van der Waals surface area contributed by atoms with E-state index in [0.29, 0.717) is 24.2 Å². The third kappa shape index (κ3) is 1.55. The monoisotopic (exact) mass is 250 g/mol. The van der Waals surface area contributed by atoms with Crippen molar-refractivity contribution >= 4 is 11.8 Å². The lowest BCUT2D eigenvalue weighted by molar-refractivity contribution is -0.146. The van der Waals surface area contributed by atoms with Gasteiger partial charge in [-0.05, 0) is 24.7 Å². The minimum atomic E-state index is -0.256. The summed E-state index contributed by atoms with van der Waals surface area (Å²) in [5, 5.41) is 0. The first kappa shape index (κ1) is 12.2. The molecule has 3 fully saturated rings. The molecule has 3 rings (SSSR count). The number of ether oxygens (including phenoxy) is 1. The number of rotatable bonds is 0. The molecule has 0 bridgehead atoms. The van der Waals surface area contributed by atoms with Crippen LogP contribution in [0.4, 0.5) is 0 Å². The fourth-order valence-electron chi connectivity index (χ4n) is 4.42. The first-order valence-electron chi connectivity index (χ1n) is 7.13. The van der Waals surface area contributed by atoms with Crippen LogP contribution >= 0.6 is 0 Å². The van der Waals surface area contributed by atoms with Crippen LogP contribution in [0.15, 0.2) is 0 Å². The molecule has 2 aliphatic carbocycles. The summed E-state index contributed by atoms with van der Waals surface area (Å²) in [5.41, 5.74) is -0.256. The molecule has 0 N–H and O–H groups in total. The first-order valence-corrected chi connectivity index (χ1v) is 7.13. The maximum absolute atomic E-state index is 12.6. The van der Waals surface area contributed by atoms with Gasteiger partial charge in [0.1, 0.15) is 5.78 Å². The molecule has 18 heavy (non-hydrogen) atoms. The fraction of sp³-hybridized carbons (Fsp3) is 0.867. The number of cyclic esters (lactones) is 1. The Labute approximate surface area is 108 Å². The van der Waals surface area contributed by atoms with Crippen molar-refractivity contribution in [1.29, 1.82) is 0 Å². The van der Waals surface area contributed by atoms with E-state index in [4.69, 9.17) is 4.74 Å². The molecule has 5 atom stereocenters. The maximum atomic E-state index is 12.6. The molecule has 0 aromatic carbocycles. The molecule has 0 aromatic rings. The van der Waals surface area contributed by atoms with Crippen molar-refractivity contribution in [2.45, 2.75) is 40.0 Å². The van der Waals surface area contributed by atoms with E-state index in [1.165, 1.54) is 0 Å². The molecule has 3 heteroatoms. The van der Waals surface area contributed by atoms with E-state index in [1.54, 1.807) is 0 Å². The normalized spacial score (nSPS) is 46.3. The van der Waals surface area contributed by atoms with Crippen molar-refractivity contribution in [3.8, 4) is 0 Å². The Morgan fingerprint density at radius 2 is 1.89 bits per heavy atom. The summed E-state index contributed by atoms with van der Waals surface area (Å²) in [6.45, 7) is 6.85. The molecule has 0 amide bonds. The van der Waals surface area contributed by atoms with Gasteiger partial charge in [0.25, 0.3) is 0 Å². The summed E-state index contributed by atoms with van der Waals surface area (Å²) >= 11 is 0. The van der Waals surface area contributed by atoms with Crippen LogP contribution < -0.4 is 0 Å². The third-order valence-electron chi connectivity index (χ3n) is 5.51. The molecular weight excluding hydrogens is 228 g/mol. The van der Waals surface area contributed by atoms with E-state index in [0.717, 1.165) is 19.3 Å². The average Bonchev–Trinajstić information content (AvgIpc) is 2.71. The molecule has 2 saturated carbocycles. The van der Waals surface area contributed by atoms with E-state index < -0.39 is 0 Å². The number of Topliss-reactive ketones (excluding diaryl/α,β-unsaturated/α-hetero) is 1. The first-order chi connectivity index (χ1) is 8.42. The predicted molar refractivity (Wildman–Crippen MR) is 66.7 cm³/mol. The number of esters is 1. The predicted octanol–water partition coefficient (Wildman–Crippen LogP) is 2.44. The van der Waals surface area contributed by atoms with Crippen molar-refractivity contribution in [2.24, 2.45) is 35.0 Å². The summed E-state index contributed by atoms with van der Waals surface area (Å²) in [4.78, 5) is 24.6. The lowest BCUT2D eigenvalue weighted by Gasteiger charge is -2.24. The second-order valence-corrected chi connectivity index (χ2v) is 7.11. The van der Waals surface area contributed by atoms with Crippen LogP contribution in [-0.2, 0) is 14.3 Å². The number of ketones is 1. The van der Waals surface area contributed by atoms with Gasteiger partial charge in [0.2, 0.25) is 0 Å². The lowest BCUT2D eigenvalue weighted by atomic mass is 9.76. The standard InChI is InChI=1S/C15H22O3/c1-8-4-5-9-7-18-14(17)11(9)12-10(8)6-15(2,3)13(12)16/h8-12H,4-7H2,1-3H3/t8-,9+,10+,11-,12-/m1/s1. The van der Waals surface area contributed by atoms with Crippen LogP contribution in [-0.4, -0.2) is 18.4 Å². The molecule has 1 aliphatic heterocycles. The van der Waals surface area contributed by atoms with Gasteiger partial charge >= 0.3 is 5.97 Å². The van der Waals surface area contributed by atoms with Crippen molar-refractivity contribution < 1.29 is 14.3 Å². The fourth-order valence-corrected chi connectivity index (χ4v) is 4.42. The Morgan fingerprint density at radius 3 is 2.61 bits per heavy atom. The van der Waals surface area contributed by atoms with Crippen molar-refractivity contribution in [3.63, 3.8) is 0 Å². The second kappa shape index (κ2) is 3.82. The summed E-state index contributed by atoms with van der Waals surface area (Å²) < 4.78 is 5.22. The van der Waals surface area contributed by atoms with E-state index >= 15 is 0 Å². The quantitative estimate of drug-likeness (QED) is 0.620. The Balaban J connectivity index is 2.01. The summed E-state index contributed by atoms with van der Waals surface area (Å²) in [7, 11) is 0. The number of carbonyl (C=O) groups excluding carboxylic acids is 2. The van der Waals surface area contributed by atoms with Gasteiger partial charge in [-0.25, -0.2) is 0 Å². The van der Waals surface area contributed by atoms with E-state index in [1.807, 2.05) is 13.8 Å². The highest BCUT2D eigenvalue weighted by Crippen LogP contribution is 2.54.